The highest BCUT2D eigenvalue weighted by molar-refractivity contribution is 9.09. The van der Waals surface area contributed by atoms with E-state index in [0.717, 1.165) is 11.8 Å². The van der Waals surface area contributed by atoms with Gasteiger partial charge in [-0.15, -0.1) is 0 Å². The first-order valence-corrected chi connectivity index (χ1v) is 5.59. The minimum absolute atomic E-state index is 0.166. The molecular formula is C10H14BrNO2. The zero-order valence-corrected chi connectivity index (χ0v) is 9.93. The smallest absolute Gasteiger partial charge is 0.287 e. The molecule has 0 aromatic carbocycles. The Balaban J connectivity index is 2.57. The molecule has 0 saturated heterocycles. The van der Waals surface area contributed by atoms with Crippen LogP contribution in [0.3, 0.4) is 0 Å². The lowest BCUT2D eigenvalue weighted by molar-refractivity contribution is 0.0883. The molecule has 78 valence electrons. The van der Waals surface area contributed by atoms with Crippen LogP contribution in [0.15, 0.2) is 22.8 Å². The zero-order valence-electron chi connectivity index (χ0n) is 8.34. The maximum atomic E-state index is 11.6. The molecule has 0 radical (unpaired) electrons. The van der Waals surface area contributed by atoms with Crippen LogP contribution in [0.2, 0.25) is 0 Å². The van der Waals surface area contributed by atoms with E-state index in [1.807, 2.05) is 13.8 Å². The predicted molar refractivity (Wildman–Crippen MR) is 58.7 cm³/mol. The van der Waals surface area contributed by atoms with Gasteiger partial charge in [0.25, 0.3) is 5.91 Å². The van der Waals surface area contributed by atoms with E-state index in [1.54, 1.807) is 12.1 Å². The molecule has 0 spiro atoms. The molecule has 0 atom stereocenters. The molecule has 1 aromatic heterocycles. The van der Waals surface area contributed by atoms with Crippen molar-refractivity contribution in [1.29, 1.82) is 0 Å². The number of carbonyl (C=O) groups excluding carboxylic acids is 1. The summed E-state index contributed by atoms with van der Waals surface area (Å²) in [5.74, 6) is 0.189. The maximum absolute atomic E-state index is 11.6. The standard InChI is InChI=1S/C10H14BrNO2/c1-10(2,5-6-11)12-9(13)8-4-3-7-14-8/h3-4,7H,5-6H2,1-2H3,(H,12,13). The molecule has 14 heavy (non-hydrogen) atoms. The van der Waals surface area contributed by atoms with Crippen molar-refractivity contribution >= 4 is 21.8 Å². The molecule has 0 unspecified atom stereocenters. The van der Waals surface area contributed by atoms with E-state index in [-0.39, 0.29) is 11.4 Å². The van der Waals surface area contributed by atoms with Crippen molar-refractivity contribution in [3.63, 3.8) is 0 Å². The van der Waals surface area contributed by atoms with Gasteiger partial charge >= 0.3 is 0 Å². The Morgan fingerprint density at radius 3 is 2.86 bits per heavy atom. The minimum atomic E-state index is -0.215. The fourth-order valence-electron chi connectivity index (χ4n) is 1.08. The molecule has 3 nitrogen and oxygen atoms in total. The van der Waals surface area contributed by atoms with Gasteiger partial charge in [-0.1, -0.05) is 15.9 Å². The van der Waals surface area contributed by atoms with Crippen molar-refractivity contribution < 1.29 is 9.21 Å². The quantitative estimate of drug-likeness (QED) is 0.845. The summed E-state index contributed by atoms with van der Waals surface area (Å²) in [5.41, 5.74) is -0.215. The van der Waals surface area contributed by atoms with Crippen LogP contribution in [0, 0.1) is 0 Å². The highest BCUT2D eigenvalue weighted by Crippen LogP contribution is 2.11. The van der Waals surface area contributed by atoms with Crippen LogP contribution < -0.4 is 5.32 Å². The maximum Gasteiger partial charge on any atom is 0.287 e. The second-order valence-electron chi connectivity index (χ2n) is 3.75. The summed E-state index contributed by atoms with van der Waals surface area (Å²) < 4.78 is 5.00. The summed E-state index contributed by atoms with van der Waals surface area (Å²) in [6.07, 6.45) is 2.37. The average molecular weight is 260 g/mol. The van der Waals surface area contributed by atoms with Crippen LogP contribution in [0.5, 0.6) is 0 Å². The Morgan fingerprint density at radius 2 is 2.36 bits per heavy atom. The van der Waals surface area contributed by atoms with Gasteiger partial charge in [-0.25, -0.2) is 0 Å². The number of carbonyl (C=O) groups is 1. The van der Waals surface area contributed by atoms with E-state index in [4.69, 9.17) is 4.42 Å². The summed E-state index contributed by atoms with van der Waals surface area (Å²) in [4.78, 5) is 11.6. The number of hydrogen-bond donors (Lipinski definition) is 1. The first-order chi connectivity index (χ1) is 6.55. The van der Waals surface area contributed by atoms with E-state index in [2.05, 4.69) is 21.2 Å². The van der Waals surface area contributed by atoms with Crippen molar-refractivity contribution in [2.24, 2.45) is 0 Å². The van der Waals surface area contributed by atoms with Crippen molar-refractivity contribution in [3.05, 3.63) is 24.2 Å². The molecule has 0 fully saturated rings. The molecule has 1 aromatic rings. The van der Waals surface area contributed by atoms with E-state index in [0.29, 0.717) is 5.76 Å². The number of furan rings is 1. The van der Waals surface area contributed by atoms with Gasteiger partial charge in [0.15, 0.2) is 5.76 Å². The second kappa shape index (κ2) is 4.64. The zero-order chi connectivity index (χ0) is 10.6. The largest absolute Gasteiger partial charge is 0.459 e. The fraction of sp³-hybridized carbons (Fsp3) is 0.500. The third kappa shape index (κ3) is 3.18. The van der Waals surface area contributed by atoms with Crippen LogP contribution in [-0.2, 0) is 0 Å². The molecule has 0 saturated carbocycles. The Hall–Kier alpha value is -0.770. The van der Waals surface area contributed by atoms with Crippen LogP contribution in [-0.4, -0.2) is 16.8 Å². The van der Waals surface area contributed by atoms with Gasteiger partial charge in [0, 0.05) is 10.9 Å². The van der Waals surface area contributed by atoms with E-state index in [1.165, 1.54) is 6.26 Å². The molecular weight excluding hydrogens is 246 g/mol. The topological polar surface area (TPSA) is 42.2 Å². The van der Waals surface area contributed by atoms with Crippen molar-refractivity contribution in [2.75, 3.05) is 5.33 Å². The lowest BCUT2D eigenvalue weighted by Crippen LogP contribution is -2.43. The molecule has 1 amide bonds. The van der Waals surface area contributed by atoms with Crippen LogP contribution >= 0.6 is 15.9 Å². The molecule has 0 aliphatic carbocycles. The Morgan fingerprint density at radius 1 is 1.64 bits per heavy atom. The van der Waals surface area contributed by atoms with Gasteiger partial charge in [-0.2, -0.15) is 0 Å². The number of rotatable bonds is 4. The molecule has 0 bridgehead atoms. The third-order valence-electron chi connectivity index (χ3n) is 1.92. The van der Waals surface area contributed by atoms with Crippen LogP contribution in [0.25, 0.3) is 0 Å². The lowest BCUT2D eigenvalue weighted by Gasteiger charge is -2.24. The number of hydrogen-bond acceptors (Lipinski definition) is 2. The fourth-order valence-corrected chi connectivity index (χ4v) is 2.07. The van der Waals surface area contributed by atoms with Gasteiger partial charge in [0.05, 0.1) is 6.26 Å². The number of nitrogens with one attached hydrogen (secondary N) is 1. The highest BCUT2D eigenvalue weighted by atomic mass is 79.9. The Labute approximate surface area is 92.0 Å². The molecule has 1 rings (SSSR count). The summed E-state index contributed by atoms with van der Waals surface area (Å²) >= 11 is 3.35. The lowest BCUT2D eigenvalue weighted by atomic mass is 10.0. The third-order valence-corrected chi connectivity index (χ3v) is 2.31. The van der Waals surface area contributed by atoms with Gasteiger partial charge < -0.3 is 9.73 Å². The Bertz CT molecular complexity index is 293. The van der Waals surface area contributed by atoms with E-state index < -0.39 is 0 Å². The van der Waals surface area contributed by atoms with E-state index in [9.17, 15) is 4.79 Å². The monoisotopic (exact) mass is 259 g/mol. The summed E-state index contributed by atoms with van der Waals surface area (Å²) in [6.45, 7) is 3.96. The number of halogens is 1. The SMILES string of the molecule is CC(C)(CCBr)NC(=O)c1ccco1. The summed E-state index contributed by atoms with van der Waals surface area (Å²) in [5, 5.41) is 3.76. The predicted octanol–water partition coefficient (Wildman–Crippen LogP) is 2.57. The highest BCUT2D eigenvalue weighted by Gasteiger charge is 2.21. The average Bonchev–Trinajstić information content (AvgIpc) is 2.53. The van der Waals surface area contributed by atoms with Gasteiger partial charge in [0.1, 0.15) is 0 Å². The second-order valence-corrected chi connectivity index (χ2v) is 4.55. The van der Waals surface area contributed by atoms with Gasteiger partial charge in [-0.05, 0) is 32.4 Å². The van der Waals surface area contributed by atoms with Crippen LogP contribution in [0.1, 0.15) is 30.8 Å². The van der Waals surface area contributed by atoms with Gasteiger partial charge in [-0.3, -0.25) is 4.79 Å². The Kier molecular flexibility index (Phi) is 3.75. The van der Waals surface area contributed by atoms with Gasteiger partial charge in [0.2, 0.25) is 0 Å². The van der Waals surface area contributed by atoms with Crippen LogP contribution in [0.4, 0.5) is 0 Å². The summed E-state index contributed by atoms with van der Waals surface area (Å²) in [7, 11) is 0. The van der Waals surface area contributed by atoms with Crippen molar-refractivity contribution in [1.82, 2.24) is 5.32 Å². The number of alkyl halides is 1. The first-order valence-electron chi connectivity index (χ1n) is 4.47. The molecule has 1 heterocycles. The summed E-state index contributed by atoms with van der Waals surface area (Å²) in [6, 6.07) is 3.35. The first kappa shape index (κ1) is 11.3. The van der Waals surface area contributed by atoms with E-state index >= 15 is 0 Å². The molecule has 4 heteroatoms. The molecule has 1 N–H and O–H groups in total. The van der Waals surface area contributed by atoms with Crippen molar-refractivity contribution in [3.8, 4) is 0 Å². The van der Waals surface area contributed by atoms with Crippen molar-refractivity contribution in [2.45, 2.75) is 25.8 Å². The molecule has 0 aliphatic heterocycles. The number of amides is 1. The molecule has 0 aliphatic rings. The minimum Gasteiger partial charge on any atom is -0.459 e. The normalized spacial score (nSPS) is 11.4.